The number of hydrogen-bond donors (Lipinski definition) is 1. The lowest BCUT2D eigenvalue weighted by Crippen LogP contribution is -2.32. The smallest absolute Gasteiger partial charge is 0.137 e. The van der Waals surface area contributed by atoms with Gasteiger partial charge < -0.3 is 5.32 Å². The molecule has 1 atom stereocenters. The minimum Gasteiger partial charge on any atom is -0.315 e. The number of hydrogen-bond acceptors (Lipinski definition) is 3. The van der Waals surface area contributed by atoms with Crippen LogP contribution < -0.4 is 5.32 Å². The third-order valence-electron chi connectivity index (χ3n) is 3.08. The van der Waals surface area contributed by atoms with Crippen LogP contribution in [-0.4, -0.2) is 27.9 Å². The topological polar surface area (TPSA) is 42.7 Å². The minimum atomic E-state index is 0.463. The lowest BCUT2D eigenvalue weighted by atomic mass is 10.1. The molecule has 0 bridgehead atoms. The molecule has 0 aromatic carbocycles. The molecule has 1 N–H and O–H groups in total. The number of pyridine rings is 1. The molecule has 16 heavy (non-hydrogen) atoms. The van der Waals surface area contributed by atoms with E-state index in [-0.39, 0.29) is 0 Å². The van der Waals surface area contributed by atoms with Gasteiger partial charge in [0.1, 0.15) is 4.60 Å². The van der Waals surface area contributed by atoms with Gasteiger partial charge in [-0.2, -0.15) is 5.10 Å². The van der Waals surface area contributed by atoms with E-state index in [9.17, 15) is 0 Å². The third kappa shape index (κ3) is 1.64. The molecule has 84 valence electrons. The minimum absolute atomic E-state index is 0.463. The van der Waals surface area contributed by atoms with E-state index in [1.807, 2.05) is 18.5 Å². The Morgan fingerprint density at radius 1 is 1.50 bits per heavy atom. The van der Waals surface area contributed by atoms with Crippen LogP contribution in [0.1, 0.15) is 18.9 Å². The molecule has 0 radical (unpaired) electrons. The number of nitrogens with one attached hydrogen (secondary N) is 1. The van der Waals surface area contributed by atoms with Gasteiger partial charge in [-0.15, -0.1) is 0 Å². The summed E-state index contributed by atoms with van der Waals surface area (Å²) >= 11 is 3.49. The fraction of sp³-hybridized carbons (Fsp3) is 0.455. The zero-order valence-electron chi connectivity index (χ0n) is 8.86. The van der Waals surface area contributed by atoms with Gasteiger partial charge in [0.2, 0.25) is 0 Å². The molecule has 0 aliphatic carbocycles. The standard InChI is InChI=1S/C11H13BrN4/c12-11-9-7-14-5-3-10(9)16(15-11)8-2-1-4-13-6-8/h3,5,7-8,13H,1-2,4,6H2/t8-/m1/s1. The van der Waals surface area contributed by atoms with Crippen LogP contribution >= 0.6 is 15.9 Å². The molecular weight excluding hydrogens is 268 g/mol. The van der Waals surface area contributed by atoms with Crippen LogP contribution in [0.25, 0.3) is 10.9 Å². The van der Waals surface area contributed by atoms with Gasteiger partial charge in [-0.1, -0.05) is 0 Å². The molecule has 4 nitrogen and oxygen atoms in total. The van der Waals surface area contributed by atoms with Crippen LogP contribution in [0.4, 0.5) is 0 Å². The van der Waals surface area contributed by atoms with Crippen molar-refractivity contribution in [2.75, 3.05) is 13.1 Å². The van der Waals surface area contributed by atoms with Crippen LogP contribution in [0, 0.1) is 0 Å². The molecule has 3 heterocycles. The van der Waals surface area contributed by atoms with E-state index >= 15 is 0 Å². The molecule has 0 saturated carbocycles. The van der Waals surface area contributed by atoms with Crippen LogP contribution in [0.15, 0.2) is 23.1 Å². The monoisotopic (exact) mass is 280 g/mol. The van der Waals surface area contributed by atoms with E-state index in [1.165, 1.54) is 12.8 Å². The van der Waals surface area contributed by atoms with Crippen LogP contribution in [0.5, 0.6) is 0 Å². The third-order valence-corrected chi connectivity index (χ3v) is 3.67. The molecule has 3 rings (SSSR count). The molecule has 1 saturated heterocycles. The van der Waals surface area contributed by atoms with Crippen molar-refractivity contribution >= 4 is 26.8 Å². The molecular formula is C11H13BrN4. The Balaban J connectivity index is 2.08. The molecule has 0 unspecified atom stereocenters. The summed E-state index contributed by atoms with van der Waals surface area (Å²) in [5.41, 5.74) is 1.16. The van der Waals surface area contributed by atoms with Crippen LogP contribution in [0.2, 0.25) is 0 Å². The first-order valence-corrected chi connectivity index (χ1v) is 6.34. The summed E-state index contributed by atoms with van der Waals surface area (Å²) in [5.74, 6) is 0. The van der Waals surface area contributed by atoms with Gasteiger partial charge in [-0.3, -0.25) is 9.67 Å². The Morgan fingerprint density at radius 2 is 2.44 bits per heavy atom. The van der Waals surface area contributed by atoms with E-state index in [1.54, 1.807) is 0 Å². The maximum absolute atomic E-state index is 4.57. The summed E-state index contributed by atoms with van der Waals surface area (Å²) in [6, 6.07) is 2.49. The number of piperidine rings is 1. The molecule has 5 heteroatoms. The maximum Gasteiger partial charge on any atom is 0.137 e. The molecule has 0 amide bonds. The lowest BCUT2D eigenvalue weighted by Gasteiger charge is -2.23. The van der Waals surface area contributed by atoms with Crippen molar-refractivity contribution in [2.45, 2.75) is 18.9 Å². The highest BCUT2D eigenvalue weighted by Gasteiger charge is 2.19. The highest BCUT2D eigenvalue weighted by atomic mass is 79.9. The number of rotatable bonds is 1. The molecule has 2 aromatic rings. The van der Waals surface area contributed by atoms with E-state index in [0.29, 0.717) is 6.04 Å². The number of fused-ring (bicyclic) bond motifs is 1. The van der Waals surface area contributed by atoms with Crippen molar-refractivity contribution in [3.63, 3.8) is 0 Å². The highest BCUT2D eigenvalue weighted by molar-refractivity contribution is 9.10. The largest absolute Gasteiger partial charge is 0.315 e. The summed E-state index contributed by atoms with van der Waals surface area (Å²) in [7, 11) is 0. The van der Waals surface area contributed by atoms with Gasteiger partial charge in [0.25, 0.3) is 0 Å². The molecule has 2 aromatic heterocycles. The predicted molar refractivity (Wildman–Crippen MR) is 66.4 cm³/mol. The predicted octanol–water partition coefficient (Wildman–Crippen LogP) is 2.12. The summed E-state index contributed by atoms with van der Waals surface area (Å²) in [6.07, 6.45) is 6.09. The summed E-state index contributed by atoms with van der Waals surface area (Å²) in [4.78, 5) is 4.13. The Bertz CT molecular complexity index is 502. The Kier molecular flexibility index (Phi) is 2.65. The van der Waals surface area contributed by atoms with Crippen LogP contribution in [-0.2, 0) is 0 Å². The second-order valence-electron chi connectivity index (χ2n) is 4.13. The van der Waals surface area contributed by atoms with Gasteiger partial charge in [-0.05, 0) is 41.4 Å². The van der Waals surface area contributed by atoms with Crippen molar-refractivity contribution in [3.8, 4) is 0 Å². The average molecular weight is 281 g/mol. The van der Waals surface area contributed by atoms with Crippen molar-refractivity contribution in [3.05, 3.63) is 23.1 Å². The first-order chi connectivity index (χ1) is 7.86. The second kappa shape index (κ2) is 4.14. The molecule has 1 fully saturated rings. The zero-order chi connectivity index (χ0) is 11.0. The number of halogens is 1. The van der Waals surface area contributed by atoms with Gasteiger partial charge >= 0.3 is 0 Å². The Hall–Kier alpha value is -0.940. The van der Waals surface area contributed by atoms with Crippen molar-refractivity contribution in [1.29, 1.82) is 0 Å². The Morgan fingerprint density at radius 3 is 3.25 bits per heavy atom. The van der Waals surface area contributed by atoms with Crippen LogP contribution in [0.3, 0.4) is 0 Å². The SMILES string of the molecule is Brc1nn([C@@H]2CCCNC2)c2ccncc12. The lowest BCUT2D eigenvalue weighted by molar-refractivity contribution is 0.354. The summed E-state index contributed by atoms with van der Waals surface area (Å²) < 4.78 is 3.01. The number of aromatic nitrogens is 3. The molecule has 1 aliphatic rings. The van der Waals surface area contributed by atoms with Gasteiger partial charge in [0.15, 0.2) is 0 Å². The molecule has 1 aliphatic heterocycles. The van der Waals surface area contributed by atoms with Gasteiger partial charge in [-0.25, -0.2) is 0 Å². The Labute approximate surface area is 102 Å². The fourth-order valence-corrected chi connectivity index (χ4v) is 2.75. The zero-order valence-corrected chi connectivity index (χ0v) is 10.4. The normalized spacial score (nSPS) is 21.4. The van der Waals surface area contributed by atoms with E-state index in [0.717, 1.165) is 28.6 Å². The van der Waals surface area contributed by atoms with E-state index in [4.69, 9.17) is 0 Å². The first kappa shape index (κ1) is 10.2. The first-order valence-electron chi connectivity index (χ1n) is 5.55. The van der Waals surface area contributed by atoms with Gasteiger partial charge in [0.05, 0.1) is 16.9 Å². The quantitative estimate of drug-likeness (QED) is 0.870. The maximum atomic E-state index is 4.57. The highest BCUT2D eigenvalue weighted by Crippen LogP contribution is 2.27. The summed E-state index contributed by atoms with van der Waals surface area (Å²) in [6.45, 7) is 2.13. The number of nitrogens with zero attached hydrogens (tertiary/aromatic N) is 3. The fourth-order valence-electron chi connectivity index (χ4n) is 2.27. The van der Waals surface area contributed by atoms with Crippen molar-refractivity contribution in [2.24, 2.45) is 0 Å². The van der Waals surface area contributed by atoms with E-state index < -0.39 is 0 Å². The van der Waals surface area contributed by atoms with Crippen molar-refractivity contribution < 1.29 is 0 Å². The summed E-state index contributed by atoms with van der Waals surface area (Å²) in [5, 5.41) is 9.07. The average Bonchev–Trinajstić information content (AvgIpc) is 2.69. The second-order valence-corrected chi connectivity index (χ2v) is 4.88. The van der Waals surface area contributed by atoms with Crippen molar-refractivity contribution in [1.82, 2.24) is 20.1 Å². The van der Waals surface area contributed by atoms with Gasteiger partial charge in [0, 0.05) is 18.9 Å². The van der Waals surface area contributed by atoms with E-state index in [2.05, 4.69) is 36.0 Å². The molecule has 0 spiro atoms.